The molecule has 0 aromatic rings. The van der Waals surface area contributed by atoms with E-state index in [1.54, 1.807) is 0 Å². The Kier molecular flexibility index (Phi) is 8.70. The zero-order valence-electron chi connectivity index (χ0n) is 12.2. The molecular formula is C12H18O9. The van der Waals surface area contributed by atoms with Gasteiger partial charge in [-0.1, -0.05) is 0 Å². The summed E-state index contributed by atoms with van der Waals surface area (Å²) in [7, 11) is 0. The van der Waals surface area contributed by atoms with E-state index >= 15 is 0 Å². The molecule has 0 aliphatic rings. The van der Waals surface area contributed by atoms with Gasteiger partial charge in [0.05, 0.1) is 0 Å². The average Bonchev–Trinajstić information content (AvgIpc) is 2.31. The zero-order valence-corrected chi connectivity index (χ0v) is 12.2. The van der Waals surface area contributed by atoms with Gasteiger partial charge in [0, 0.05) is 27.7 Å². The van der Waals surface area contributed by atoms with E-state index in [0.29, 0.717) is 0 Å². The van der Waals surface area contributed by atoms with Gasteiger partial charge in [0.15, 0.2) is 13.2 Å². The lowest BCUT2D eigenvalue weighted by Gasteiger charge is -2.23. The molecule has 9 nitrogen and oxygen atoms in total. The molecule has 0 bridgehead atoms. The molecule has 0 heterocycles. The highest BCUT2D eigenvalue weighted by molar-refractivity contribution is 5.67. The summed E-state index contributed by atoms with van der Waals surface area (Å²) in [5.74, 6) is -2.61. The fourth-order valence-electron chi connectivity index (χ4n) is 1.11. The Morgan fingerprint density at radius 2 is 1.00 bits per heavy atom. The molecule has 9 heteroatoms. The summed E-state index contributed by atoms with van der Waals surface area (Å²) in [6.45, 7) is 3.77. The monoisotopic (exact) mass is 306 g/mol. The van der Waals surface area contributed by atoms with Crippen molar-refractivity contribution in [1.82, 2.24) is 0 Å². The van der Waals surface area contributed by atoms with Crippen molar-refractivity contribution in [1.29, 1.82) is 0 Å². The van der Waals surface area contributed by atoms with Gasteiger partial charge < -0.3 is 18.9 Å². The molecule has 2 atom stereocenters. The Balaban J connectivity index is 4.65. The summed E-state index contributed by atoms with van der Waals surface area (Å²) in [6.07, 6.45) is -2.60. The van der Waals surface area contributed by atoms with Crippen LogP contribution < -0.4 is 0 Å². The summed E-state index contributed by atoms with van der Waals surface area (Å²) in [5, 5.41) is 0. The number of hydrogen-bond donors (Lipinski definition) is 0. The number of carbonyl (C=O) groups excluding carboxylic acids is 4. The van der Waals surface area contributed by atoms with Gasteiger partial charge in [0.2, 0.25) is 12.6 Å². The lowest BCUT2D eigenvalue weighted by molar-refractivity contribution is -0.255. The Morgan fingerprint density at radius 3 is 1.24 bits per heavy atom. The Hall–Kier alpha value is -2.16. The van der Waals surface area contributed by atoms with Gasteiger partial charge in [0.25, 0.3) is 0 Å². The molecule has 0 aromatic heterocycles. The molecule has 0 amide bonds. The third-order valence-corrected chi connectivity index (χ3v) is 1.74. The second kappa shape index (κ2) is 9.70. The van der Waals surface area contributed by atoms with E-state index in [1.165, 1.54) is 0 Å². The molecule has 0 aliphatic heterocycles. The van der Waals surface area contributed by atoms with Crippen LogP contribution in [0.3, 0.4) is 0 Å². The normalized spacial score (nSPS) is 12.8. The Labute approximate surface area is 121 Å². The molecule has 0 aromatic carbocycles. The minimum Gasteiger partial charge on any atom is -0.459 e. The van der Waals surface area contributed by atoms with Crippen molar-refractivity contribution in [2.75, 3.05) is 13.2 Å². The average molecular weight is 306 g/mol. The largest absolute Gasteiger partial charge is 0.459 e. The Morgan fingerprint density at radius 1 is 0.667 bits per heavy atom. The maximum atomic E-state index is 10.9. The van der Waals surface area contributed by atoms with E-state index in [1.807, 2.05) is 0 Å². The van der Waals surface area contributed by atoms with Crippen molar-refractivity contribution in [2.45, 2.75) is 40.3 Å². The van der Waals surface area contributed by atoms with Crippen molar-refractivity contribution in [3.05, 3.63) is 0 Å². The zero-order chi connectivity index (χ0) is 16.4. The molecule has 0 saturated heterocycles. The number of esters is 4. The summed E-state index contributed by atoms with van der Waals surface area (Å²) in [5.41, 5.74) is 0. The smallest absolute Gasteiger partial charge is 0.305 e. The van der Waals surface area contributed by atoms with Gasteiger partial charge in [0.1, 0.15) is 0 Å². The molecule has 0 rings (SSSR count). The van der Waals surface area contributed by atoms with Gasteiger partial charge in [-0.3, -0.25) is 23.9 Å². The highest BCUT2D eigenvalue weighted by Gasteiger charge is 2.23. The molecule has 0 spiro atoms. The maximum absolute atomic E-state index is 10.9. The van der Waals surface area contributed by atoms with Crippen LogP contribution in [0.25, 0.3) is 0 Å². The van der Waals surface area contributed by atoms with Gasteiger partial charge in [-0.25, -0.2) is 0 Å². The topological polar surface area (TPSA) is 114 Å². The summed E-state index contributed by atoms with van der Waals surface area (Å²) < 4.78 is 23.9. The highest BCUT2D eigenvalue weighted by atomic mass is 16.8. The minimum absolute atomic E-state index is 0.396. The lowest BCUT2D eigenvalue weighted by atomic mass is 10.6. The fraction of sp³-hybridized carbons (Fsp3) is 0.667. The summed E-state index contributed by atoms with van der Waals surface area (Å²) in [4.78, 5) is 43.3. The van der Waals surface area contributed by atoms with Gasteiger partial charge in [-0.05, 0) is 0 Å². The van der Waals surface area contributed by atoms with Crippen LogP contribution in [0.5, 0.6) is 0 Å². The SMILES string of the molecule is CC(=O)OCC(OC(C)=O)OC(COC(C)=O)OC(C)=O. The molecule has 21 heavy (non-hydrogen) atoms. The fourth-order valence-corrected chi connectivity index (χ4v) is 1.11. The molecular weight excluding hydrogens is 288 g/mol. The molecule has 120 valence electrons. The minimum atomic E-state index is -1.30. The van der Waals surface area contributed by atoms with Crippen LogP contribution in [0, 0.1) is 0 Å². The van der Waals surface area contributed by atoms with Crippen LogP contribution >= 0.6 is 0 Å². The van der Waals surface area contributed by atoms with Crippen LogP contribution in [0.1, 0.15) is 27.7 Å². The first kappa shape index (κ1) is 18.8. The van der Waals surface area contributed by atoms with E-state index in [0.717, 1.165) is 27.7 Å². The van der Waals surface area contributed by atoms with Crippen LogP contribution in [0.2, 0.25) is 0 Å². The first-order valence-electron chi connectivity index (χ1n) is 5.97. The van der Waals surface area contributed by atoms with Gasteiger partial charge >= 0.3 is 23.9 Å². The second-order valence-electron chi connectivity index (χ2n) is 3.82. The maximum Gasteiger partial charge on any atom is 0.305 e. The van der Waals surface area contributed by atoms with Crippen LogP contribution in [0.15, 0.2) is 0 Å². The molecule has 0 saturated carbocycles. The van der Waals surface area contributed by atoms with Gasteiger partial charge in [-0.2, -0.15) is 0 Å². The van der Waals surface area contributed by atoms with Crippen LogP contribution in [-0.2, 0) is 42.9 Å². The van der Waals surface area contributed by atoms with E-state index in [2.05, 4.69) is 9.47 Å². The quantitative estimate of drug-likeness (QED) is 0.344. The first-order valence-corrected chi connectivity index (χ1v) is 5.97. The highest BCUT2D eigenvalue weighted by Crippen LogP contribution is 2.06. The molecule has 2 unspecified atom stereocenters. The molecule has 0 fully saturated rings. The van der Waals surface area contributed by atoms with E-state index in [9.17, 15) is 19.2 Å². The Bertz CT molecular complexity index is 354. The van der Waals surface area contributed by atoms with E-state index in [-0.39, 0.29) is 0 Å². The predicted molar refractivity (Wildman–Crippen MR) is 65.5 cm³/mol. The van der Waals surface area contributed by atoms with E-state index in [4.69, 9.17) is 14.2 Å². The summed E-state index contributed by atoms with van der Waals surface area (Å²) >= 11 is 0. The van der Waals surface area contributed by atoms with Gasteiger partial charge in [-0.15, -0.1) is 0 Å². The number of ether oxygens (including phenoxy) is 5. The van der Waals surface area contributed by atoms with Crippen molar-refractivity contribution in [3.63, 3.8) is 0 Å². The molecule has 0 aliphatic carbocycles. The molecule has 0 radical (unpaired) electrons. The molecule has 0 N–H and O–H groups in total. The lowest BCUT2D eigenvalue weighted by Crippen LogP contribution is -2.36. The number of rotatable bonds is 8. The van der Waals surface area contributed by atoms with Crippen molar-refractivity contribution in [3.8, 4) is 0 Å². The first-order chi connectivity index (χ1) is 9.70. The van der Waals surface area contributed by atoms with Crippen molar-refractivity contribution >= 4 is 23.9 Å². The number of carbonyl (C=O) groups is 4. The second-order valence-corrected chi connectivity index (χ2v) is 3.82. The number of hydrogen-bond acceptors (Lipinski definition) is 9. The third-order valence-electron chi connectivity index (χ3n) is 1.74. The van der Waals surface area contributed by atoms with Crippen molar-refractivity contribution in [2.24, 2.45) is 0 Å². The van der Waals surface area contributed by atoms with Crippen LogP contribution in [-0.4, -0.2) is 49.7 Å². The van der Waals surface area contributed by atoms with Crippen molar-refractivity contribution < 1.29 is 42.9 Å². The van der Waals surface area contributed by atoms with Crippen LogP contribution in [0.4, 0.5) is 0 Å². The predicted octanol–water partition coefficient (Wildman–Crippen LogP) is -0.0924. The van der Waals surface area contributed by atoms with E-state index < -0.39 is 49.7 Å². The standard InChI is InChI=1S/C12H18O9/c1-7(13)17-5-11(19-9(3)15)21-12(20-10(4)16)6-18-8(2)14/h11-12H,5-6H2,1-4H3. The third kappa shape index (κ3) is 11.4. The summed E-state index contributed by atoms with van der Waals surface area (Å²) in [6, 6.07) is 0.